The molecule has 0 heterocycles. The molecule has 1 amide bonds. The maximum atomic E-state index is 13.1. The fraction of sp³-hybridized carbons (Fsp3) is 0.133. The van der Waals surface area contributed by atoms with Crippen LogP contribution in [0.4, 0.5) is 4.39 Å². The third kappa shape index (κ3) is 7.49. The van der Waals surface area contributed by atoms with Gasteiger partial charge in [0, 0.05) is 5.56 Å². The highest BCUT2D eigenvalue weighted by molar-refractivity contribution is 6.32. The van der Waals surface area contributed by atoms with E-state index >= 15 is 0 Å². The van der Waals surface area contributed by atoms with E-state index in [1.807, 2.05) is 30.3 Å². The van der Waals surface area contributed by atoms with Crippen molar-refractivity contribution in [1.29, 1.82) is 0 Å². The topological polar surface area (TPSA) is 78.4 Å². The Bertz CT molecular complexity index is 1450. The van der Waals surface area contributed by atoms with E-state index < -0.39 is 5.91 Å². The van der Waals surface area contributed by atoms with Gasteiger partial charge >= 0.3 is 0 Å². The summed E-state index contributed by atoms with van der Waals surface area (Å²) in [5.74, 6) is 0.908. The largest absolute Gasteiger partial charge is 0.493 e. The molecular formula is C30H26ClFN2O5. The highest BCUT2D eigenvalue weighted by atomic mass is 35.5. The molecule has 0 aliphatic carbocycles. The average molecular weight is 549 g/mol. The van der Waals surface area contributed by atoms with E-state index in [4.69, 9.17) is 30.5 Å². The summed E-state index contributed by atoms with van der Waals surface area (Å²) in [5.41, 5.74) is 5.20. The minimum Gasteiger partial charge on any atom is -0.493 e. The van der Waals surface area contributed by atoms with E-state index in [2.05, 4.69) is 10.5 Å². The lowest BCUT2D eigenvalue weighted by atomic mass is 10.2. The molecule has 0 atom stereocenters. The quantitative estimate of drug-likeness (QED) is 0.173. The van der Waals surface area contributed by atoms with Gasteiger partial charge in [-0.2, -0.15) is 5.10 Å². The van der Waals surface area contributed by atoms with Gasteiger partial charge in [0.1, 0.15) is 19.0 Å². The summed E-state index contributed by atoms with van der Waals surface area (Å²) >= 11 is 6.42. The normalized spacial score (nSPS) is 10.8. The number of nitrogens with zero attached hydrogens (tertiary/aromatic N) is 1. The number of hydrazone groups is 1. The van der Waals surface area contributed by atoms with E-state index in [0.29, 0.717) is 45.8 Å². The molecule has 200 valence electrons. The van der Waals surface area contributed by atoms with Crippen molar-refractivity contribution in [2.24, 2.45) is 5.10 Å². The Kier molecular flexibility index (Phi) is 9.37. The van der Waals surface area contributed by atoms with E-state index in [1.165, 1.54) is 32.6 Å². The van der Waals surface area contributed by atoms with E-state index in [9.17, 15) is 9.18 Å². The van der Waals surface area contributed by atoms with Crippen LogP contribution in [0.1, 0.15) is 27.0 Å². The van der Waals surface area contributed by atoms with Crippen molar-refractivity contribution < 1.29 is 28.1 Å². The molecule has 4 aromatic carbocycles. The number of amides is 1. The molecule has 0 saturated carbocycles. The molecule has 0 bridgehead atoms. The summed E-state index contributed by atoms with van der Waals surface area (Å²) in [6.45, 7) is 0.550. The molecule has 0 aliphatic heterocycles. The van der Waals surface area contributed by atoms with E-state index in [-0.39, 0.29) is 12.4 Å². The standard InChI is InChI=1S/C30H26ClFN2O5/c1-36-27-16-23(10-13-26(27)38-18-20-6-4-3-5-7-20)30(35)34-33-17-22-14-25(31)29(28(15-22)37-2)39-19-21-8-11-24(32)12-9-21/h3-17H,18-19H2,1-2H3,(H,34,35)/b33-17+. The average Bonchev–Trinajstić information content (AvgIpc) is 2.96. The Morgan fingerprint density at radius 1 is 0.846 bits per heavy atom. The minimum atomic E-state index is -0.434. The smallest absolute Gasteiger partial charge is 0.271 e. The van der Waals surface area contributed by atoms with Crippen LogP contribution in [0.5, 0.6) is 23.0 Å². The Labute approximate surface area is 230 Å². The van der Waals surface area contributed by atoms with Crippen LogP contribution in [-0.4, -0.2) is 26.3 Å². The first-order valence-corrected chi connectivity index (χ1v) is 12.3. The Hall–Kier alpha value is -4.56. The lowest BCUT2D eigenvalue weighted by molar-refractivity contribution is 0.0954. The minimum absolute atomic E-state index is 0.180. The number of benzene rings is 4. The highest BCUT2D eigenvalue weighted by Crippen LogP contribution is 2.36. The Balaban J connectivity index is 1.38. The first kappa shape index (κ1) is 27.5. The number of ether oxygens (including phenoxy) is 4. The van der Waals surface area contributed by atoms with Crippen molar-refractivity contribution >= 4 is 23.7 Å². The van der Waals surface area contributed by atoms with Gasteiger partial charge in [-0.1, -0.05) is 54.1 Å². The fourth-order valence-corrected chi connectivity index (χ4v) is 3.86. The molecule has 0 aromatic heterocycles. The molecular weight excluding hydrogens is 523 g/mol. The first-order chi connectivity index (χ1) is 19.0. The predicted octanol–water partition coefficient (Wildman–Crippen LogP) is 6.42. The molecule has 0 fully saturated rings. The highest BCUT2D eigenvalue weighted by Gasteiger charge is 2.13. The van der Waals surface area contributed by atoms with Crippen molar-refractivity contribution in [2.75, 3.05) is 14.2 Å². The van der Waals surface area contributed by atoms with Crippen molar-refractivity contribution in [3.63, 3.8) is 0 Å². The molecule has 0 spiro atoms. The van der Waals surface area contributed by atoms with Crippen molar-refractivity contribution in [3.05, 3.63) is 118 Å². The Morgan fingerprint density at radius 2 is 1.54 bits per heavy atom. The maximum Gasteiger partial charge on any atom is 0.271 e. The van der Waals surface area contributed by atoms with E-state index in [0.717, 1.165) is 11.1 Å². The predicted molar refractivity (Wildman–Crippen MR) is 148 cm³/mol. The molecule has 1 N–H and O–H groups in total. The SMILES string of the molecule is COc1cc(C(=O)N/N=C/c2cc(Cl)c(OCc3ccc(F)cc3)c(OC)c2)ccc1OCc1ccccc1. The zero-order valence-corrected chi connectivity index (χ0v) is 22.1. The number of rotatable bonds is 11. The van der Waals surface area contributed by atoms with Gasteiger partial charge in [-0.05, 0) is 59.2 Å². The van der Waals surface area contributed by atoms with Crippen molar-refractivity contribution in [3.8, 4) is 23.0 Å². The number of halogens is 2. The van der Waals surface area contributed by atoms with Crippen LogP contribution >= 0.6 is 11.6 Å². The second-order valence-corrected chi connectivity index (χ2v) is 8.70. The number of nitrogens with one attached hydrogen (secondary N) is 1. The molecule has 0 aliphatic rings. The lowest BCUT2D eigenvalue weighted by Gasteiger charge is -2.13. The van der Waals surface area contributed by atoms with Crippen molar-refractivity contribution in [1.82, 2.24) is 5.43 Å². The van der Waals surface area contributed by atoms with Crippen LogP contribution < -0.4 is 24.4 Å². The van der Waals surface area contributed by atoms with Crippen LogP contribution in [0.3, 0.4) is 0 Å². The monoisotopic (exact) mass is 548 g/mol. The van der Waals surface area contributed by atoms with Gasteiger partial charge in [-0.3, -0.25) is 4.79 Å². The van der Waals surface area contributed by atoms with E-state index in [1.54, 1.807) is 42.5 Å². The zero-order chi connectivity index (χ0) is 27.6. The van der Waals surface area contributed by atoms with Gasteiger partial charge < -0.3 is 18.9 Å². The van der Waals surface area contributed by atoms with Gasteiger partial charge in [0.25, 0.3) is 5.91 Å². The summed E-state index contributed by atoms with van der Waals surface area (Å²) in [6.07, 6.45) is 1.44. The summed E-state index contributed by atoms with van der Waals surface area (Å²) in [5, 5.41) is 4.32. The summed E-state index contributed by atoms with van der Waals surface area (Å²) in [7, 11) is 2.99. The van der Waals surface area contributed by atoms with Crippen LogP contribution in [-0.2, 0) is 13.2 Å². The van der Waals surface area contributed by atoms with Crippen molar-refractivity contribution in [2.45, 2.75) is 13.2 Å². The zero-order valence-electron chi connectivity index (χ0n) is 21.3. The molecule has 9 heteroatoms. The first-order valence-electron chi connectivity index (χ1n) is 11.9. The second-order valence-electron chi connectivity index (χ2n) is 8.29. The van der Waals surface area contributed by atoms with Crippen LogP contribution in [0.2, 0.25) is 5.02 Å². The van der Waals surface area contributed by atoms with Crippen LogP contribution in [0.25, 0.3) is 0 Å². The number of methoxy groups -OCH3 is 2. The molecule has 0 unspecified atom stereocenters. The summed E-state index contributed by atoms with van der Waals surface area (Å²) in [6, 6.07) is 23.9. The molecule has 0 saturated heterocycles. The van der Waals surface area contributed by atoms with Gasteiger partial charge in [0.15, 0.2) is 23.0 Å². The van der Waals surface area contributed by atoms with Gasteiger partial charge in [-0.25, -0.2) is 9.82 Å². The number of hydrogen-bond donors (Lipinski definition) is 1. The molecule has 0 radical (unpaired) electrons. The maximum absolute atomic E-state index is 13.1. The second kappa shape index (κ2) is 13.3. The summed E-state index contributed by atoms with van der Waals surface area (Å²) in [4.78, 5) is 12.7. The molecule has 39 heavy (non-hydrogen) atoms. The molecule has 4 rings (SSSR count). The lowest BCUT2D eigenvalue weighted by Crippen LogP contribution is -2.17. The number of carbonyl (C=O) groups excluding carboxylic acids is 1. The van der Waals surface area contributed by atoms with Crippen LogP contribution in [0.15, 0.2) is 90.0 Å². The number of carbonyl (C=O) groups is 1. The molecule has 7 nitrogen and oxygen atoms in total. The third-order valence-electron chi connectivity index (χ3n) is 5.59. The number of hydrogen-bond acceptors (Lipinski definition) is 6. The molecule has 4 aromatic rings. The summed E-state index contributed by atoms with van der Waals surface area (Å²) < 4.78 is 35.6. The van der Waals surface area contributed by atoms with Crippen LogP contribution in [0, 0.1) is 5.82 Å². The van der Waals surface area contributed by atoms with Gasteiger partial charge in [0.2, 0.25) is 0 Å². The van der Waals surface area contributed by atoms with Gasteiger partial charge in [-0.15, -0.1) is 0 Å². The Morgan fingerprint density at radius 3 is 2.26 bits per heavy atom. The van der Waals surface area contributed by atoms with Gasteiger partial charge in [0.05, 0.1) is 25.5 Å². The fourth-order valence-electron chi connectivity index (χ4n) is 3.58. The third-order valence-corrected chi connectivity index (χ3v) is 5.87.